The van der Waals surface area contributed by atoms with Crippen LogP contribution >= 0.6 is 11.8 Å². The van der Waals surface area contributed by atoms with Crippen molar-refractivity contribution in [3.8, 4) is 11.5 Å². The molecular formula is C17H17NO3S. The van der Waals surface area contributed by atoms with Gasteiger partial charge in [0.25, 0.3) is 0 Å². The number of nitrogens with one attached hydrogen (secondary N) is 1. The largest absolute Gasteiger partial charge is 0.454 e. The zero-order valence-electron chi connectivity index (χ0n) is 12.1. The SMILES string of the molecule is O=C(CCSCc1ccc2c(c1)OCO2)Nc1ccccc1. The zero-order valence-corrected chi connectivity index (χ0v) is 12.9. The Morgan fingerprint density at radius 1 is 1.09 bits per heavy atom. The van der Waals surface area contributed by atoms with Gasteiger partial charge in [0.05, 0.1) is 0 Å². The van der Waals surface area contributed by atoms with Crippen molar-refractivity contribution in [1.29, 1.82) is 0 Å². The number of ether oxygens (including phenoxy) is 2. The van der Waals surface area contributed by atoms with Gasteiger partial charge in [-0.15, -0.1) is 0 Å². The Morgan fingerprint density at radius 3 is 2.77 bits per heavy atom. The smallest absolute Gasteiger partial charge is 0.231 e. The summed E-state index contributed by atoms with van der Waals surface area (Å²) in [5, 5.41) is 2.89. The van der Waals surface area contributed by atoms with Crippen LogP contribution in [-0.4, -0.2) is 18.5 Å². The van der Waals surface area contributed by atoms with Crippen LogP contribution in [0, 0.1) is 0 Å². The van der Waals surface area contributed by atoms with Crippen LogP contribution in [0.2, 0.25) is 0 Å². The number of benzene rings is 2. The van der Waals surface area contributed by atoms with E-state index in [1.54, 1.807) is 11.8 Å². The molecule has 1 aliphatic rings. The van der Waals surface area contributed by atoms with E-state index in [0.29, 0.717) is 13.2 Å². The number of thioether (sulfide) groups is 1. The minimum atomic E-state index is 0.0457. The fourth-order valence-electron chi connectivity index (χ4n) is 2.13. The third-order valence-corrected chi connectivity index (χ3v) is 4.27. The molecule has 0 saturated heterocycles. The van der Waals surface area contributed by atoms with Crippen molar-refractivity contribution >= 4 is 23.4 Å². The summed E-state index contributed by atoms with van der Waals surface area (Å²) in [5.74, 6) is 3.29. The molecular weight excluding hydrogens is 298 g/mol. The van der Waals surface area contributed by atoms with Gasteiger partial charge in [-0.1, -0.05) is 24.3 Å². The molecule has 0 saturated carbocycles. The minimum Gasteiger partial charge on any atom is -0.454 e. The van der Waals surface area contributed by atoms with Crippen LogP contribution in [0.25, 0.3) is 0 Å². The molecule has 2 aromatic rings. The molecule has 1 N–H and O–H groups in total. The Hall–Kier alpha value is -2.14. The van der Waals surface area contributed by atoms with E-state index in [1.807, 2.05) is 48.5 Å². The first-order chi connectivity index (χ1) is 10.8. The molecule has 2 aromatic carbocycles. The van der Waals surface area contributed by atoms with Gasteiger partial charge in [0.1, 0.15) is 0 Å². The normalized spacial score (nSPS) is 12.2. The Morgan fingerprint density at radius 2 is 1.91 bits per heavy atom. The first-order valence-corrected chi connectivity index (χ1v) is 8.28. The molecule has 1 heterocycles. The predicted molar refractivity (Wildman–Crippen MR) is 88.4 cm³/mol. The van der Waals surface area contributed by atoms with Gasteiger partial charge in [0.2, 0.25) is 12.7 Å². The van der Waals surface area contributed by atoms with Crippen molar-refractivity contribution in [2.75, 3.05) is 17.9 Å². The number of hydrogen-bond donors (Lipinski definition) is 1. The van der Waals surface area contributed by atoms with Crippen LogP contribution in [0.3, 0.4) is 0 Å². The molecule has 0 fully saturated rings. The third kappa shape index (κ3) is 3.95. The standard InChI is InChI=1S/C17H17NO3S/c19-17(18-14-4-2-1-3-5-14)8-9-22-11-13-6-7-15-16(10-13)21-12-20-15/h1-7,10H,8-9,11-12H2,(H,18,19). The summed E-state index contributed by atoms with van der Waals surface area (Å²) >= 11 is 1.73. The van der Waals surface area contributed by atoms with E-state index >= 15 is 0 Å². The summed E-state index contributed by atoms with van der Waals surface area (Å²) < 4.78 is 10.6. The van der Waals surface area contributed by atoms with Crippen molar-refractivity contribution in [2.45, 2.75) is 12.2 Å². The molecule has 0 bridgehead atoms. The summed E-state index contributed by atoms with van der Waals surface area (Å²) in [6, 6.07) is 15.5. The van der Waals surface area contributed by atoms with Crippen molar-refractivity contribution in [2.24, 2.45) is 0 Å². The van der Waals surface area contributed by atoms with Gasteiger partial charge in [-0.25, -0.2) is 0 Å². The molecule has 0 atom stereocenters. The van der Waals surface area contributed by atoms with Crippen LogP contribution in [0.15, 0.2) is 48.5 Å². The molecule has 114 valence electrons. The average Bonchev–Trinajstić information content (AvgIpc) is 3.00. The molecule has 1 aliphatic heterocycles. The summed E-state index contributed by atoms with van der Waals surface area (Å²) in [6.45, 7) is 0.297. The highest BCUT2D eigenvalue weighted by molar-refractivity contribution is 7.98. The monoisotopic (exact) mass is 315 g/mol. The predicted octanol–water partition coefficient (Wildman–Crippen LogP) is 3.68. The van der Waals surface area contributed by atoms with E-state index in [9.17, 15) is 4.79 Å². The highest BCUT2D eigenvalue weighted by Crippen LogP contribution is 2.33. The number of fused-ring (bicyclic) bond motifs is 1. The molecule has 1 amide bonds. The van der Waals surface area contributed by atoms with E-state index < -0.39 is 0 Å². The maximum Gasteiger partial charge on any atom is 0.231 e. The van der Waals surface area contributed by atoms with Gasteiger partial charge in [-0.3, -0.25) is 4.79 Å². The number of amides is 1. The van der Waals surface area contributed by atoms with E-state index in [4.69, 9.17) is 9.47 Å². The van der Waals surface area contributed by atoms with Crippen LogP contribution in [0.4, 0.5) is 5.69 Å². The number of carbonyl (C=O) groups excluding carboxylic acids is 1. The molecule has 0 aromatic heterocycles. The molecule has 4 nitrogen and oxygen atoms in total. The number of rotatable bonds is 6. The molecule has 3 rings (SSSR count). The van der Waals surface area contributed by atoms with Gasteiger partial charge in [0, 0.05) is 23.6 Å². The first kappa shape index (κ1) is 14.8. The Bertz CT molecular complexity index is 646. The van der Waals surface area contributed by atoms with Crippen molar-refractivity contribution in [3.63, 3.8) is 0 Å². The lowest BCUT2D eigenvalue weighted by molar-refractivity contribution is -0.115. The first-order valence-electron chi connectivity index (χ1n) is 7.12. The highest BCUT2D eigenvalue weighted by atomic mass is 32.2. The lowest BCUT2D eigenvalue weighted by Gasteiger charge is -2.05. The quantitative estimate of drug-likeness (QED) is 0.826. The topological polar surface area (TPSA) is 47.6 Å². The van der Waals surface area contributed by atoms with Crippen molar-refractivity contribution < 1.29 is 14.3 Å². The van der Waals surface area contributed by atoms with Gasteiger partial charge < -0.3 is 14.8 Å². The second-order valence-electron chi connectivity index (χ2n) is 4.90. The summed E-state index contributed by atoms with van der Waals surface area (Å²) in [5.41, 5.74) is 2.02. The molecule has 5 heteroatoms. The van der Waals surface area contributed by atoms with E-state index in [2.05, 4.69) is 5.32 Å². The lowest BCUT2D eigenvalue weighted by atomic mass is 10.2. The fraction of sp³-hybridized carbons (Fsp3) is 0.235. The average molecular weight is 315 g/mol. The number of anilines is 1. The Balaban J connectivity index is 1.39. The molecule has 0 aliphatic carbocycles. The van der Waals surface area contributed by atoms with Gasteiger partial charge >= 0.3 is 0 Å². The maximum atomic E-state index is 11.8. The second-order valence-corrected chi connectivity index (χ2v) is 6.01. The summed E-state index contributed by atoms with van der Waals surface area (Å²) in [6.07, 6.45) is 0.504. The van der Waals surface area contributed by atoms with Gasteiger partial charge in [0.15, 0.2) is 11.5 Å². The second kappa shape index (κ2) is 7.22. The summed E-state index contributed by atoms with van der Waals surface area (Å²) in [7, 11) is 0. The Labute approximate surface area is 133 Å². The van der Waals surface area contributed by atoms with Crippen molar-refractivity contribution in [1.82, 2.24) is 0 Å². The maximum absolute atomic E-state index is 11.8. The third-order valence-electron chi connectivity index (χ3n) is 3.24. The fourth-order valence-corrected chi connectivity index (χ4v) is 3.02. The van der Waals surface area contributed by atoms with Crippen LogP contribution in [-0.2, 0) is 10.5 Å². The minimum absolute atomic E-state index is 0.0457. The Kier molecular flexibility index (Phi) is 4.85. The zero-order chi connectivity index (χ0) is 15.2. The van der Waals surface area contributed by atoms with E-state index in [1.165, 1.54) is 5.56 Å². The number of hydrogen-bond acceptors (Lipinski definition) is 4. The van der Waals surface area contributed by atoms with E-state index in [-0.39, 0.29) is 5.91 Å². The van der Waals surface area contributed by atoms with Crippen LogP contribution in [0.5, 0.6) is 11.5 Å². The van der Waals surface area contributed by atoms with Gasteiger partial charge in [-0.05, 0) is 29.8 Å². The number of carbonyl (C=O) groups is 1. The molecule has 0 unspecified atom stereocenters. The van der Waals surface area contributed by atoms with E-state index in [0.717, 1.165) is 28.7 Å². The molecule has 0 spiro atoms. The van der Waals surface area contributed by atoms with Gasteiger partial charge in [-0.2, -0.15) is 11.8 Å². The highest BCUT2D eigenvalue weighted by Gasteiger charge is 2.13. The van der Waals surface area contributed by atoms with Crippen LogP contribution in [0.1, 0.15) is 12.0 Å². The van der Waals surface area contributed by atoms with Crippen molar-refractivity contribution in [3.05, 3.63) is 54.1 Å². The van der Waals surface area contributed by atoms with Crippen LogP contribution < -0.4 is 14.8 Å². The lowest BCUT2D eigenvalue weighted by Crippen LogP contribution is -2.11. The number of para-hydroxylation sites is 1. The molecule has 22 heavy (non-hydrogen) atoms. The molecule has 0 radical (unpaired) electrons. The summed E-state index contributed by atoms with van der Waals surface area (Å²) in [4.78, 5) is 11.8.